The average molecular weight is 453 g/mol. The van der Waals surface area contributed by atoms with Gasteiger partial charge in [-0.3, -0.25) is 4.79 Å². The Hall–Kier alpha value is -2.37. The molecule has 0 aliphatic rings. The van der Waals surface area contributed by atoms with Crippen LogP contribution in [0.4, 0.5) is 0 Å². The first-order valence-corrected chi connectivity index (χ1v) is 10.8. The molecule has 0 bridgehead atoms. The number of rotatable bonds is 5. The van der Waals surface area contributed by atoms with Crippen molar-refractivity contribution in [3.63, 3.8) is 0 Å². The van der Waals surface area contributed by atoms with E-state index in [9.17, 15) is 4.79 Å². The molecule has 2 aromatic heterocycles. The van der Waals surface area contributed by atoms with Crippen LogP contribution in [0.3, 0.4) is 0 Å². The van der Waals surface area contributed by atoms with E-state index in [1.807, 2.05) is 30.3 Å². The molecule has 2 aromatic carbocycles. The first kappa shape index (κ1) is 19.0. The number of aromatic nitrogens is 1. The van der Waals surface area contributed by atoms with Crippen LogP contribution in [-0.4, -0.2) is 10.5 Å². The number of carbonyl (C=O) groups excluding carboxylic acids is 1. The predicted molar refractivity (Wildman–Crippen MR) is 120 cm³/mol. The van der Waals surface area contributed by atoms with Gasteiger partial charge in [0.05, 0.1) is 14.0 Å². The highest BCUT2D eigenvalue weighted by molar-refractivity contribution is 9.11. The Bertz CT molecular complexity index is 1160. The summed E-state index contributed by atoms with van der Waals surface area (Å²) in [4.78, 5) is 13.0. The van der Waals surface area contributed by atoms with E-state index in [4.69, 9.17) is 0 Å². The second-order valence-electron chi connectivity index (χ2n) is 7.01. The second-order valence-corrected chi connectivity index (χ2v) is 9.48. The molecule has 142 valence electrons. The van der Waals surface area contributed by atoms with Crippen LogP contribution < -0.4 is 5.32 Å². The van der Waals surface area contributed by atoms with Crippen LogP contribution in [0.1, 0.15) is 32.7 Å². The number of fused-ring (bicyclic) bond motifs is 1. The van der Waals surface area contributed by atoms with E-state index in [1.165, 1.54) is 16.7 Å². The molecule has 0 saturated heterocycles. The molecule has 0 unspecified atom stereocenters. The van der Waals surface area contributed by atoms with Crippen LogP contribution in [0.25, 0.3) is 10.2 Å². The number of nitrogens with zero attached hydrogens (tertiary/aromatic N) is 1. The van der Waals surface area contributed by atoms with E-state index in [1.54, 1.807) is 11.3 Å². The Balaban J connectivity index is 1.65. The summed E-state index contributed by atoms with van der Waals surface area (Å²) in [6, 6.07) is 20.6. The van der Waals surface area contributed by atoms with Gasteiger partial charge in [0, 0.05) is 13.1 Å². The summed E-state index contributed by atoms with van der Waals surface area (Å²) >= 11 is 5.22. The monoisotopic (exact) mass is 452 g/mol. The maximum Gasteiger partial charge on any atom is 0.268 e. The summed E-state index contributed by atoms with van der Waals surface area (Å²) < 4.78 is 4.30. The normalized spacial score (nSPS) is 11.1. The Morgan fingerprint density at radius 1 is 1.07 bits per heavy atom. The van der Waals surface area contributed by atoms with Gasteiger partial charge < -0.3 is 9.88 Å². The number of carbonyl (C=O) groups is 1. The van der Waals surface area contributed by atoms with Crippen molar-refractivity contribution in [3.05, 3.63) is 92.4 Å². The molecule has 5 heteroatoms. The summed E-state index contributed by atoms with van der Waals surface area (Å²) in [6.45, 7) is 5.36. The number of aryl methyl sites for hydroxylation is 2. The second kappa shape index (κ2) is 7.94. The van der Waals surface area contributed by atoms with E-state index in [-0.39, 0.29) is 5.91 Å². The van der Waals surface area contributed by atoms with Crippen LogP contribution >= 0.6 is 27.3 Å². The molecule has 3 nitrogen and oxygen atoms in total. The topological polar surface area (TPSA) is 34.0 Å². The van der Waals surface area contributed by atoms with Gasteiger partial charge in [0.15, 0.2) is 0 Å². The number of hydrogen-bond acceptors (Lipinski definition) is 2. The Labute approximate surface area is 177 Å². The third kappa shape index (κ3) is 3.91. The summed E-state index contributed by atoms with van der Waals surface area (Å²) in [5.74, 6) is -0.0467. The van der Waals surface area contributed by atoms with Crippen molar-refractivity contribution in [1.82, 2.24) is 9.88 Å². The van der Waals surface area contributed by atoms with Crippen molar-refractivity contribution in [2.24, 2.45) is 0 Å². The Kier molecular flexibility index (Phi) is 5.38. The maximum absolute atomic E-state index is 13.0. The lowest BCUT2D eigenvalue weighted by molar-refractivity contribution is 0.0942. The van der Waals surface area contributed by atoms with E-state index < -0.39 is 0 Å². The van der Waals surface area contributed by atoms with Crippen LogP contribution in [0.5, 0.6) is 0 Å². The SMILES string of the molecule is Cc1cccc(CNC(=O)c2cc3sc(Br)cc3n2Cc2ccccc2C)c1. The highest BCUT2D eigenvalue weighted by Crippen LogP contribution is 2.33. The minimum Gasteiger partial charge on any atom is -0.347 e. The zero-order chi connectivity index (χ0) is 19.7. The van der Waals surface area contributed by atoms with Crippen LogP contribution in [0.15, 0.2) is 64.5 Å². The molecule has 0 radical (unpaired) electrons. The van der Waals surface area contributed by atoms with Gasteiger partial charge >= 0.3 is 0 Å². The summed E-state index contributed by atoms with van der Waals surface area (Å²) in [5, 5.41) is 3.08. The molecule has 0 atom stereocenters. The molecule has 1 amide bonds. The van der Waals surface area contributed by atoms with E-state index >= 15 is 0 Å². The summed E-state index contributed by atoms with van der Waals surface area (Å²) in [7, 11) is 0. The number of nitrogens with one attached hydrogen (secondary N) is 1. The number of benzene rings is 2. The standard InChI is InChI=1S/C23H21BrN2OS/c1-15-6-5-8-17(10-15)13-25-23(27)20-11-21-19(12-22(24)28-21)26(20)14-18-9-4-3-7-16(18)2/h3-12H,13-14H2,1-2H3,(H,25,27). The molecular formula is C23H21BrN2OS. The lowest BCUT2D eigenvalue weighted by Gasteiger charge is -2.13. The lowest BCUT2D eigenvalue weighted by atomic mass is 10.1. The van der Waals surface area contributed by atoms with Crippen LogP contribution in [-0.2, 0) is 13.1 Å². The molecule has 0 saturated carbocycles. The van der Waals surface area contributed by atoms with Gasteiger partial charge in [-0.2, -0.15) is 0 Å². The largest absolute Gasteiger partial charge is 0.347 e. The fourth-order valence-electron chi connectivity index (χ4n) is 3.42. The highest BCUT2D eigenvalue weighted by Gasteiger charge is 2.18. The molecule has 0 fully saturated rings. The molecule has 1 N–H and O–H groups in total. The minimum atomic E-state index is -0.0467. The molecule has 4 rings (SSSR count). The highest BCUT2D eigenvalue weighted by atomic mass is 79.9. The molecular weight excluding hydrogens is 432 g/mol. The quantitative estimate of drug-likeness (QED) is 0.392. The van der Waals surface area contributed by atoms with Crippen molar-refractivity contribution in [3.8, 4) is 0 Å². The van der Waals surface area contributed by atoms with E-state index in [0.717, 1.165) is 19.6 Å². The van der Waals surface area contributed by atoms with Crippen molar-refractivity contribution in [1.29, 1.82) is 0 Å². The number of hydrogen-bond donors (Lipinski definition) is 1. The van der Waals surface area contributed by atoms with Gasteiger partial charge in [0.1, 0.15) is 5.69 Å². The van der Waals surface area contributed by atoms with Crippen molar-refractivity contribution >= 4 is 43.4 Å². The third-order valence-electron chi connectivity index (χ3n) is 4.92. The first-order valence-electron chi connectivity index (χ1n) is 9.18. The van der Waals surface area contributed by atoms with Crippen molar-refractivity contribution in [2.75, 3.05) is 0 Å². The minimum absolute atomic E-state index is 0.0467. The molecule has 28 heavy (non-hydrogen) atoms. The van der Waals surface area contributed by atoms with Gasteiger partial charge in [0.25, 0.3) is 5.91 Å². The lowest BCUT2D eigenvalue weighted by Crippen LogP contribution is -2.25. The predicted octanol–water partition coefficient (Wildman–Crippen LogP) is 6.06. The Morgan fingerprint density at radius 2 is 1.89 bits per heavy atom. The van der Waals surface area contributed by atoms with Gasteiger partial charge in [-0.1, -0.05) is 54.1 Å². The number of thiophene rings is 1. The molecule has 2 heterocycles. The smallest absolute Gasteiger partial charge is 0.268 e. The van der Waals surface area contributed by atoms with Crippen LogP contribution in [0, 0.1) is 13.8 Å². The molecule has 0 aliphatic heterocycles. The maximum atomic E-state index is 13.0. The Morgan fingerprint density at radius 3 is 2.68 bits per heavy atom. The number of halogens is 1. The zero-order valence-corrected chi connectivity index (χ0v) is 18.2. The van der Waals surface area contributed by atoms with E-state index in [0.29, 0.717) is 18.8 Å². The summed E-state index contributed by atoms with van der Waals surface area (Å²) in [6.07, 6.45) is 0. The van der Waals surface area contributed by atoms with Gasteiger partial charge in [-0.05, 0) is 58.6 Å². The first-order chi connectivity index (χ1) is 13.5. The van der Waals surface area contributed by atoms with Gasteiger partial charge in [-0.25, -0.2) is 0 Å². The average Bonchev–Trinajstić information content (AvgIpc) is 3.18. The molecule has 0 aliphatic carbocycles. The van der Waals surface area contributed by atoms with Gasteiger partial charge in [-0.15, -0.1) is 11.3 Å². The van der Waals surface area contributed by atoms with Gasteiger partial charge in [0.2, 0.25) is 0 Å². The van der Waals surface area contributed by atoms with Crippen molar-refractivity contribution in [2.45, 2.75) is 26.9 Å². The third-order valence-corrected chi connectivity index (χ3v) is 6.49. The molecule has 4 aromatic rings. The fourth-order valence-corrected chi connectivity index (χ4v) is 4.99. The fraction of sp³-hybridized carbons (Fsp3) is 0.174. The van der Waals surface area contributed by atoms with Crippen LogP contribution in [0.2, 0.25) is 0 Å². The van der Waals surface area contributed by atoms with Crippen molar-refractivity contribution < 1.29 is 4.79 Å². The zero-order valence-electron chi connectivity index (χ0n) is 15.8. The van der Waals surface area contributed by atoms with E-state index in [2.05, 4.69) is 70.0 Å². The summed E-state index contributed by atoms with van der Waals surface area (Å²) in [5.41, 5.74) is 6.53. The molecule has 0 spiro atoms. The number of amides is 1.